The highest BCUT2D eigenvalue weighted by Gasteiger charge is 2.26. The number of primary amides is 1. The molecule has 0 saturated heterocycles. The minimum absolute atomic E-state index is 0.0309. The number of nitrogens with one attached hydrogen (secondary N) is 1. The minimum Gasteiger partial charge on any atom is -0.370 e. The normalized spacial score (nSPS) is 12.6. The van der Waals surface area contributed by atoms with E-state index in [4.69, 9.17) is 5.73 Å². The van der Waals surface area contributed by atoms with Crippen molar-refractivity contribution in [2.45, 2.75) is 463 Å². The van der Waals surface area contributed by atoms with Gasteiger partial charge in [0.25, 0.3) is 0 Å². The topological polar surface area (TPSA) is 205 Å². The molecule has 0 fully saturated rings. The molecule has 0 bridgehead atoms. The summed E-state index contributed by atoms with van der Waals surface area (Å²) in [6.07, 6.45) is 25.0. The first-order valence-electron chi connectivity index (χ1n) is 41.3. The van der Waals surface area contributed by atoms with Crippen molar-refractivity contribution in [3.63, 3.8) is 0 Å². The molecule has 2 amide bonds. The van der Waals surface area contributed by atoms with Gasteiger partial charge in [0.2, 0.25) is 11.8 Å². The van der Waals surface area contributed by atoms with Gasteiger partial charge in [0.1, 0.15) is 34.7 Å². The molecule has 13 nitrogen and oxygen atoms in total. The van der Waals surface area contributed by atoms with Gasteiger partial charge in [0.15, 0.2) is 0 Å². The summed E-state index contributed by atoms with van der Waals surface area (Å²) < 4.78 is 1.92. The Balaban J connectivity index is -0.000000217. The zero-order valence-electron chi connectivity index (χ0n) is 78.9. The first kappa shape index (κ1) is 115. The third-order valence-corrected chi connectivity index (χ3v) is 15.3. The Kier molecular flexibility index (Phi) is 57.8. The number of amides is 2. The Morgan fingerprint density at radius 1 is 0.340 bits per heavy atom. The lowest BCUT2D eigenvalue weighted by molar-refractivity contribution is -0.128. The van der Waals surface area contributed by atoms with Crippen molar-refractivity contribution in [1.82, 2.24) is 20.3 Å². The second-order valence-corrected chi connectivity index (χ2v) is 46.3. The Morgan fingerprint density at radius 3 is 0.783 bits per heavy atom. The molecule has 1 aromatic rings. The largest absolute Gasteiger partial charge is 0.370 e. The SMILES string of the molecule is CC(C)(C)CC(=O)CCCCC(=O)C(C)(C)C.CC(C)(C)CC(=O)CCCCCCC(=O)C(C)(C)C.CC(C)(C)CC(=O)CCCCCCCC(=O)CC(C)(C)C.CC(C)(C)CC(N)=O.CC(C)(C)CCC(C)(C)C.CC(C)(C)CCNC(=O)C(C)(C)C.CC(C)(C)Cc1cn(C(C)(C)C)nn1.CC(C)C. The van der Waals surface area contributed by atoms with Crippen LogP contribution in [0.2, 0.25) is 0 Å². The monoisotopic (exact) mass is 1500 g/mol. The van der Waals surface area contributed by atoms with Crippen LogP contribution < -0.4 is 11.1 Å². The summed E-state index contributed by atoms with van der Waals surface area (Å²) >= 11 is 0. The molecular weight excluding hydrogens is 1320 g/mol. The maximum absolute atomic E-state index is 11.7. The standard InChI is InChI=1S/C19H36O2.C17H32O2.C15H28O2.C11H21N3.C11H23NO.C10H22.C6H13NO.C4H10/c1-18(2,3)14-16(20)12-10-8-7-9-11-13-17(21)15-19(4,5)6;1-16(2,3)13-14(18)11-9-7-8-10-12-15(19)17(4,5)6;1-14(2,3)11-12(16)9-7-8-10-13(17)15(4,5)6;1-10(2,3)7-9-8-14(13-12-9)11(4,5)6;1-10(2,3)7-8-12-9(13)11(4,5)6;1-9(2,3)7-8-10(4,5)6;1-6(2,3)4-5(7)8;1-4(2)3/h7-15H2,1-6H3;7-13H2,1-6H3;7-11H2,1-6H3;8H,7H2,1-6H3;7-8H2,1-6H3,(H,12,13);7-8H2,1-6H3;4H2,1-3H3,(H2,7,8);4H,1-3H3. The van der Waals surface area contributed by atoms with E-state index in [1.165, 1.54) is 12.8 Å². The van der Waals surface area contributed by atoms with Crippen LogP contribution in [0.4, 0.5) is 0 Å². The zero-order chi connectivity index (χ0) is 85.8. The maximum atomic E-state index is 11.7. The van der Waals surface area contributed by atoms with E-state index in [0.717, 1.165) is 114 Å². The molecule has 1 heterocycles. The summed E-state index contributed by atoms with van der Waals surface area (Å²) in [7, 11) is 0. The summed E-state index contributed by atoms with van der Waals surface area (Å²) in [5.41, 5.74) is 7.39. The van der Waals surface area contributed by atoms with E-state index in [2.05, 4.69) is 223 Å². The predicted molar refractivity (Wildman–Crippen MR) is 460 cm³/mol. The van der Waals surface area contributed by atoms with E-state index in [1.54, 1.807) is 0 Å². The molecule has 630 valence electrons. The number of hydrogen-bond acceptors (Lipinski definition) is 10. The second kappa shape index (κ2) is 53.1. The smallest absolute Gasteiger partial charge is 0.225 e. The second-order valence-electron chi connectivity index (χ2n) is 46.3. The predicted octanol–water partition coefficient (Wildman–Crippen LogP) is 26.5. The van der Waals surface area contributed by atoms with Crippen LogP contribution in [0, 0.1) is 70.9 Å². The van der Waals surface area contributed by atoms with Crippen LogP contribution >= 0.6 is 0 Å². The van der Waals surface area contributed by atoms with E-state index in [1.807, 2.05) is 94.0 Å². The molecule has 106 heavy (non-hydrogen) atoms. The number of rotatable bonds is 29. The molecule has 0 spiro atoms. The molecule has 0 saturated carbocycles. The lowest BCUT2D eigenvalue weighted by Crippen LogP contribution is -2.36. The van der Waals surface area contributed by atoms with Crippen LogP contribution in [0.25, 0.3) is 0 Å². The fourth-order valence-corrected chi connectivity index (χ4v) is 9.55. The number of aromatic nitrogens is 3. The molecule has 0 aliphatic rings. The number of nitrogens with zero attached hydrogens (tertiary/aromatic N) is 3. The summed E-state index contributed by atoms with van der Waals surface area (Å²) in [6.45, 7) is 89.3. The third-order valence-electron chi connectivity index (χ3n) is 15.3. The number of carbonyl (C=O) groups is 8. The van der Waals surface area contributed by atoms with Gasteiger partial charge in [0.05, 0.1) is 11.2 Å². The number of Topliss-reactive ketones (excluding diaryl/α,β-unsaturated/α-hetero) is 6. The van der Waals surface area contributed by atoms with Crippen LogP contribution in [0.3, 0.4) is 0 Å². The van der Waals surface area contributed by atoms with Gasteiger partial charge in [-0.05, 0) is 140 Å². The van der Waals surface area contributed by atoms with Crippen molar-refractivity contribution < 1.29 is 38.4 Å². The van der Waals surface area contributed by atoms with Crippen LogP contribution in [0.5, 0.6) is 0 Å². The van der Waals surface area contributed by atoms with Gasteiger partial charge in [-0.15, -0.1) is 5.10 Å². The number of ketones is 6. The highest BCUT2D eigenvalue weighted by molar-refractivity contribution is 5.84. The summed E-state index contributed by atoms with van der Waals surface area (Å²) in [5.74, 6) is 2.86. The highest BCUT2D eigenvalue weighted by atomic mass is 16.2. The van der Waals surface area contributed by atoms with Gasteiger partial charge < -0.3 is 11.1 Å². The van der Waals surface area contributed by atoms with Crippen LogP contribution in [0.15, 0.2) is 6.20 Å². The molecule has 0 aliphatic carbocycles. The third kappa shape index (κ3) is 100. The molecule has 1 aromatic heterocycles. The summed E-state index contributed by atoms with van der Waals surface area (Å²) in [6, 6.07) is 0. The number of hydrogen-bond donors (Lipinski definition) is 2. The molecule has 13 heteroatoms. The van der Waals surface area contributed by atoms with E-state index in [9.17, 15) is 38.4 Å². The van der Waals surface area contributed by atoms with Crippen molar-refractivity contribution in [3.05, 3.63) is 11.9 Å². The van der Waals surface area contributed by atoms with Gasteiger partial charge >= 0.3 is 0 Å². The van der Waals surface area contributed by atoms with Crippen LogP contribution in [0.1, 0.15) is 457 Å². The molecule has 0 unspecified atom stereocenters. The molecular formula is C93H185N5O8. The summed E-state index contributed by atoms with van der Waals surface area (Å²) in [5, 5.41) is 11.3. The van der Waals surface area contributed by atoms with Gasteiger partial charge in [-0.25, -0.2) is 4.68 Å². The zero-order valence-corrected chi connectivity index (χ0v) is 78.9. The van der Waals surface area contributed by atoms with Crippen molar-refractivity contribution in [3.8, 4) is 0 Å². The first-order chi connectivity index (χ1) is 46.7. The fraction of sp³-hybridized carbons (Fsp3) is 0.892. The number of nitrogens with two attached hydrogens (primary N) is 1. The Hall–Kier alpha value is -3.90. The average Bonchev–Trinajstić information content (AvgIpc) is 1.71. The van der Waals surface area contributed by atoms with Crippen molar-refractivity contribution in [2.24, 2.45) is 76.6 Å². The lowest BCUT2D eigenvalue weighted by atomic mass is 9.81. The molecule has 1 rings (SSSR count). The lowest BCUT2D eigenvalue weighted by Gasteiger charge is -2.24. The highest BCUT2D eigenvalue weighted by Crippen LogP contribution is 2.31. The molecule has 0 atom stereocenters. The van der Waals surface area contributed by atoms with Crippen LogP contribution in [-0.2, 0) is 50.3 Å². The minimum atomic E-state index is -0.266. The van der Waals surface area contributed by atoms with E-state index in [0.29, 0.717) is 109 Å². The van der Waals surface area contributed by atoms with Gasteiger partial charge in [-0.2, -0.15) is 0 Å². The number of carbonyl (C=O) groups excluding carboxylic acids is 8. The fourth-order valence-electron chi connectivity index (χ4n) is 9.55. The van der Waals surface area contributed by atoms with Crippen molar-refractivity contribution in [1.29, 1.82) is 0 Å². The molecule has 0 aromatic carbocycles. The van der Waals surface area contributed by atoms with Gasteiger partial charge in [-0.1, -0.05) is 307 Å². The van der Waals surface area contributed by atoms with E-state index >= 15 is 0 Å². The first-order valence-corrected chi connectivity index (χ1v) is 41.3. The Morgan fingerprint density at radius 2 is 0.585 bits per heavy atom. The van der Waals surface area contributed by atoms with E-state index in [-0.39, 0.29) is 66.1 Å². The van der Waals surface area contributed by atoms with Gasteiger partial charge in [-0.3, -0.25) is 38.4 Å². The Labute approximate surface area is 660 Å². The molecule has 3 N–H and O–H groups in total. The summed E-state index contributed by atoms with van der Waals surface area (Å²) in [4.78, 5) is 91.8. The number of unbranched alkanes of at least 4 members (excludes halogenated alkanes) is 8. The van der Waals surface area contributed by atoms with Crippen LogP contribution in [-0.4, -0.2) is 68.1 Å². The van der Waals surface area contributed by atoms with Crippen molar-refractivity contribution in [2.75, 3.05) is 6.54 Å². The average molecular weight is 1500 g/mol. The molecule has 0 aliphatic heterocycles. The maximum Gasteiger partial charge on any atom is 0.225 e. The van der Waals surface area contributed by atoms with E-state index < -0.39 is 0 Å². The quantitative estimate of drug-likeness (QED) is 0.0726. The van der Waals surface area contributed by atoms with Crippen molar-refractivity contribution >= 4 is 46.5 Å². The Bertz CT molecular complexity index is 2480. The van der Waals surface area contributed by atoms with Gasteiger partial charge in [0, 0.05) is 99.6 Å². The molecule has 0 radical (unpaired) electrons.